The smallest absolute Gasteiger partial charge is 0.335 e. The maximum Gasteiger partial charge on any atom is 0.335 e. The number of carbonyl (C=O) groups excluding carboxylic acids is 2. The lowest BCUT2D eigenvalue weighted by atomic mass is 9.65. The van der Waals surface area contributed by atoms with Crippen LogP contribution in [0.4, 0.5) is 0 Å². The molecule has 0 saturated carbocycles. The van der Waals surface area contributed by atoms with Crippen molar-refractivity contribution in [3.05, 3.63) is 58.1 Å². The standard InChI is InChI=1S/C24H26O5/c1-23(2)9-15(25)20-17(11-23)29-18-12-24(3,4)10-16(26)21(18)19(20)13-7-5-6-8-14(13)22(27)28/h5-8,19H,9-12H2,1-4H3,(H,27,28). The van der Waals surface area contributed by atoms with Gasteiger partial charge in [-0.05, 0) is 22.5 Å². The van der Waals surface area contributed by atoms with Crippen LogP contribution in [0.3, 0.4) is 0 Å². The largest absolute Gasteiger partial charge is 0.478 e. The van der Waals surface area contributed by atoms with Crippen LogP contribution < -0.4 is 0 Å². The maximum atomic E-state index is 13.2. The average Bonchev–Trinajstić information content (AvgIpc) is 2.57. The predicted octanol–water partition coefficient (Wildman–Crippen LogP) is 4.79. The number of benzene rings is 1. The zero-order valence-electron chi connectivity index (χ0n) is 17.3. The number of carbonyl (C=O) groups is 3. The van der Waals surface area contributed by atoms with Crippen LogP contribution in [0.15, 0.2) is 46.9 Å². The number of carboxylic acids is 1. The van der Waals surface area contributed by atoms with Crippen LogP contribution in [-0.4, -0.2) is 22.6 Å². The minimum absolute atomic E-state index is 0.0642. The first-order chi connectivity index (χ1) is 13.5. The Balaban J connectivity index is 1.97. The van der Waals surface area contributed by atoms with E-state index < -0.39 is 11.9 Å². The van der Waals surface area contributed by atoms with Crippen molar-refractivity contribution in [1.82, 2.24) is 0 Å². The third-order valence-electron chi connectivity index (χ3n) is 6.08. The van der Waals surface area contributed by atoms with E-state index in [9.17, 15) is 19.5 Å². The summed E-state index contributed by atoms with van der Waals surface area (Å²) in [5.41, 5.74) is 1.06. The number of ketones is 2. The first-order valence-electron chi connectivity index (χ1n) is 10.0. The van der Waals surface area contributed by atoms with E-state index in [1.54, 1.807) is 18.2 Å². The molecule has 2 aliphatic carbocycles. The molecular weight excluding hydrogens is 368 g/mol. The number of ether oxygens (including phenoxy) is 1. The van der Waals surface area contributed by atoms with Crippen molar-refractivity contribution in [2.24, 2.45) is 10.8 Å². The quantitative estimate of drug-likeness (QED) is 0.780. The fourth-order valence-electron chi connectivity index (χ4n) is 4.93. The SMILES string of the molecule is CC1(C)CC(=O)C2=C(C1)OC1=C(C(=O)CC(C)(C)C1)C2c1ccccc1C(=O)O. The van der Waals surface area contributed by atoms with E-state index in [0.717, 1.165) is 0 Å². The lowest BCUT2D eigenvalue weighted by molar-refractivity contribution is -0.120. The van der Waals surface area contributed by atoms with Crippen molar-refractivity contribution >= 4 is 17.5 Å². The van der Waals surface area contributed by atoms with Crippen LogP contribution in [0.5, 0.6) is 0 Å². The Morgan fingerprint density at radius 3 is 1.86 bits per heavy atom. The molecule has 29 heavy (non-hydrogen) atoms. The molecule has 1 N–H and O–H groups in total. The molecule has 0 unspecified atom stereocenters. The van der Waals surface area contributed by atoms with Gasteiger partial charge in [0.1, 0.15) is 11.5 Å². The van der Waals surface area contributed by atoms with E-state index in [1.807, 2.05) is 27.7 Å². The van der Waals surface area contributed by atoms with E-state index in [1.165, 1.54) is 6.07 Å². The minimum Gasteiger partial charge on any atom is -0.478 e. The molecule has 4 rings (SSSR count). The van der Waals surface area contributed by atoms with Gasteiger partial charge in [0.05, 0.1) is 5.56 Å². The summed E-state index contributed by atoms with van der Waals surface area (Å²) in [6.07, 6.45) is 1.88. The number of hydrogen-bond acceptors (Lipinski definition) is 4. The van der Waals surface area contributed by atoms with Gasteiger partial charge in [-0.25, -0.2) is 4.79 Å². The van der Waals surface area contributed by atoms with Crippen LogP contribution in [0.25, 0.3) is 0 Å². The Bertz CT molecular complexity index is 954. The van der Waals surface area contributed by atoms with Gasteiger partial charge in [-0.2, -0.15) is 0 Å². The molecule has 0 spiro atoms. The van der Waals surface area contributed by atoms with Crippen molar-refractivity contribution < 1.29 is 24.2 Å². The van der Waals surface area contributed by atoms with Gasteiger partial charge in [-0.1, -0.05) is 45.9 Å². The zero-order valence-corrected chi connectivity index (χ0v) is 17.3. The fraction of sp³-hybridized carbons (Fsp3) is 0.458. The molecule has 3 aliphatic rings. The van der Waals surface area contributed by atoms with Gasteiger partial charge in [0.15, 0.2) is 11.6 Å². The highest BCUT2D eigenvalue weighted by atomic mass is 16.5. The zero-order chi connectivity index (χ0) is 21.1. The number of carboxylic acid groups (broad SMARTS) is 1. The predicted molar refractivity (Wildman–Crippen MR) is 107 cm³/mol. The molecule has 5 nitrogen and oxygen atoms in total. The highest BCUT2D eigenvalue weighted by molar-refractivity contribution is 6.07. The summed E-state index contributed by atoms with van der Waals surface area (Å²) in [4.78, 5) is 38.3. The summed E-state index contributed by atoms with van der Waals surface area (Å²) in [5.74, 6) is -0.672. The Hall–Kier alpha value is -2.69. The van der Waals surface area contributed by atoms with Crippen LogP contribution in [0, 0.1) is 10.8 Å². The number of aromatic carboxylic acids is 1. The molecule has 0 fully saturated rings. The molecule has 1 aromatic carbocycles. The Labute approximate surface area is 170 Å². The summed E-state index contributed by atoms with van der Waals surface area (Å²) >= 11 is 0. The topological polar surface area (TPSA) is 80.7 Å². The number of allylic oxidation sites excluding steroid dienone is 4. The van der Waals surface area contributed by atoms with Crippen LogP contribution >= 0.6 is 0 Å². The van der Waals surface area contributed by atoms with Gasteiger partial charge in [0.25, 0.3) is 0 Å². The van der Waals surface area contributed by atoms with Crippen molar-refractivity contribution in [3.8, 4) is 0 Å². The first-order valence-corrected chi connectivity index (χ1v) is 10.0. The van der Waals surface area contributed by atoms with Crippen LogP contribution in [-0.2, 0) is 14.3 Å². The van der Waals surface area contributed by atoms with Crippen LogP contribution in [0.2, 0.25) is 0 Å². The molecule has 0 atom stereocenters. The summed E-state index contributed by atoms with van der Waals surface area (Å²) < 4.78 is 6.23. The van der Waals surface area contributed by atoms with Gasteiger partial charge in [0.2, 0.25) is 0 Å². The number of Topliss-reactive ketones (excluding diaryl/α,β-unsaturated/α-hetero) is 2. The van der Waals surface area contributed by atoms with E-state index in [2.05, 4.69) is 0 Å². The van der Waals surface area contributed by atoms with E-state index in [4.69, 9.17) is 4.74 Å². The van der Waals surface area contributed by atoms with Gasteiger partial charge in [-0.3, -0.25) is 9.59 Å². The highest BCUT2D eigenvalue weighted by Gasteiger charge is 2.48. The summed E-state index contributed by atoms with van der Waals surface area (Å²) in [6, 6.07) is 6.66. The molecule has 0 bridgehead atoms. The van der Waals surface area contributed by atoms with Crippen LogP contribution in [0.1, 0.15) is 75.2 Å². The second kappa shape index (κ2) is 6.41. The summed E-state index contributed by atoms with van der Waals surface area (Å²) in [7, 11) is 0. The fourth-order valence-corrected chi connectivity index (χ4v) is 4.93. The van der Waals surface area contributed by atoms with Gasteiger partial charge in [-0.15, -0.1) is 0 Å². The van der Waals surface area contributed by atoms with Gasteiger partial charge >= 0.3 is 5.97 Å². The van der Waals surface area contributed by atoms with Crippen molar-refractivity contribution in [2.45, 2.75) is 59.3 Å². The van der Waals surface area contributed by atoms with Gasteiger partial charge < -0.3 is 9.84 Å². The Morgan fingerprint density at radius 1 is 0.897 bits per heavy atom. The number of rotatable bonds is 2. The molecule has 0 aromatic heterocycles. The second-order valence-corrected chi connectivity index (χ2v) is 9.98. The maximum absolute atomic E-state index is 13.2. The molecule has 152 valence electrons. The molecule has 1 aliphatic heterocycles. The Kier molecular flexibility index (Phi) is 4.34. The first kappa shape index (κ1) is 19.6. The van der Waals surface area contributed by atoms with E-state index in [0.29, 0.717) is 53.9 Å². The summed E-state index contributed by atoms with van der Waals surface area (Å²) in [6.45, 7) is 8.10. The Morgan fingerprint density at radius 2 is 1.38 bits per heavy atom. The molecule has 1 heterocycles. The lowest BCUT2D eigenvalue weighted by Gasteiger charge is -2.43. The van der Waals surface area contributed by atoms with E-state index >= 15 is 0 Å². The monoisotopic (exact) mass is 394 g/mol. The average molecular weight is 394 g/mol. The number of hydrogen-bond donors (Lipinski definition) is 1. The van der Waals surface area contributed by atoms with Crippen molar-refractivity contribution in [2.75, 3.05) is 0 Å². The normalized spacial score (nSPS) is 23.4. The molecular formula is C24H26O5. The highest BCUT2D eigenvalue weighted by Crippen LogP contribution is 2.53. The molecule has 5 heteroatoms. The minimum atomic E-state index is -1.07. The molecule has 1 aromatic rings. The third-order valence-corrected chi connectivity index (χ3v) is 6.08. The lowest BCUT2D eigenvalue weighted by Crippen LogP contribution is -2.38. The van der Waals surface area contributed by atoms with E-state index in [-0.39, 0.29) is 28.0 Å². The third kappa shape index (κ3) is 3.33. The molecule has 0 amide bonds. The van der Waals surface area contributed by atoms with Crippen molar-refractivity contribution in [3.63, 3.8) is 0 Å². The molecule has 0 saturated heterocycles. The second-order valence-electron chi connectivity index (χ2n) is 9.98. The molecule has 0 radical (unpaired) electrons. The summed E-state index contributed by atoms with van der Waals surface area (Å²) in [5, 5.41) is 9.75. The van der Waals surface area contributed by atoms with Gasteiger partial charge in [0, 0.05) is 42.7 Å². The van der Waals surface area contributed by atoms with Crippen molar-refractivity contribution in [1.29, 1.82) is 0 Å².